The number of benzene rings is 2. The van der Waals surface area contributed by atoms with Gasteiger partial charge >= 0.3 is 5.97 Å². The molecule has 126 valence electrons. The molecule has 0 spiro atoms. The Balaban J connectivity index is 1.82. The molecule has 0 bridgehead atoms. The van der Waals surface area contributed by atoms with Crippen LogP contribution in [0.1, 0.15) is 25.0 Å². The number of carbonyl (C=O) groups excluding carboxylic acids is 2. The SMILES string of the molecule is CC(C)(C(=O)OCC(=O)NCc1ccc(Cl)cc1)c1ccccc1. The molecule has 0 saturated carbocycles. The Labute approximate surface area is 146 Å². The van der Waals surface area contributed by atoms with E-state index in [9.17, 15) is 9.59 Å². The summed E-state index contributed by atoms with van der Waals surface area (Å²) in [6, 6.07) is 16.5. The predicted octanol–water partition coefficient (Wildman–Crippen LogP) is 3.48. The van der Waals surface area contributed by atoms with Crippen molar-refractivity contribution in [3.8, 4) is 0 Å². The summed E-state index contributed by atoms with van der Waals surface area (Å²) in [5.74, 6) is -0.780. The first-order valence-electron chi connectivity index (χ1n) is 7.63. The largest absolute Gasteiger partial charge is 0.455 e. The molecule has 0 unspecified atom stereocenters. The predicted molar refractivity (Wildman–Crippen MR) is 93.7 cm³/mol. The summed E-state index contributed by atoms with van der Waals surface area (Å²) in [5, 5.41) is 3.35. The lowest BCUT2D eigenvalue weighted by molar-refractivity contribution is -0.153. The fourth-order valence-electron chi connectivity index (χ4n) is 2.14. The van der Waals surface area contributed by atoms with Crippen molar-refractivity contribution in [3.63, 3.8) is 0 Å². The Kier molecular flexibility index (Phi) is 5.99. The van der Waals surface area contributed by atoms with Gasteiger partial charge in [0.1, 0.15) is 0 Å². The third-order valence-corrected chi connectivity index (χ3v) is 4.00. The fraction of sp³-hybridized carbons (Fsp3) is 0.263. The maximum Gasteiger partial charge on any atom is 0.316 e. The van der Waals surface area contributed by atoms with Crippen LogP contribution in [0, 0.1) is 0 Å². The Bertz CT molecular complexity index is 696. The lowest BCUT2D eigenvalue weighted by Gasteiger charge is -2.22. The van der Waals surface area contributed by atoms with E-state index in [0.717, 1.165) is 11.1 Å². The molecule has 0 aliphatic heterocycles. The first-order valence-corrected chi connectivity index (χ1v) is 8.01. The summed E-state index contributed by atoms with van der Waals surface area (Å²) in [5.41, 5.74) is 0.956. The van der Waals surface area contributed by atoms with E-state index in [1.54, 1.807) is 26.0 Å². The van der Waals surface area contributed by atoms with Gasteiger partial charge in [-0.15, -0.1) is 0 Å². The number of carbonyl (C=O) groups is 2. The van der Waals surface area contributed by atoms with Gasteiger partial charge in [-0.2, -0.15) is 0 Å². The molecule has 4 nitrogen and oxygen atoms in total. The molecule has 1 amide bonds. The van der Waals surface area contributed by atoms with E-state index in [0.29, 0.717) is 11.6 Å². The van der Waals surface area contributed by atoms with Crippen molar-refractivity contribution >= 4 is 23.5 Å². The summed E-state index contributed by atoms with van der Waals surface area (Å²) in [4.78, 5) is 24.1. The van der Waals surface area contributed by atoms with Crippen molar-refractivity contribution in [2.24, 2.45) is 0 Å². The topological polar surface area (TPSA) is 55.4 Å². The average molecular weight is 346 g/mol. The quantitative estimate of drug-likeness (QED) is 0.815. The van der Waals surface area contributed by atoms with Gasteiger partial charge in [-0.05, 0) is 37.1 Å². The van der Waals surface area contributed by atoms with Crippen LogP contribution in [0.4, 0.5) is 0 Å². The highest BCUT2D eigenvalue weighted by Gasteiger charge is 2.31. The number of rotatable bonds is 6. The molecule has 2 aromatic rings. The second-order valence-electron chi connectivity index (χ2n) is 5.97. The second kappa shape index (κ2) is 7.97. The van der Waals surface area contributed by atoms with Crippen molar-refractivity contribution in [1.29, 1.82) is 0 Å². The van der Waals surface area contributed by atoms with E-state index in [1.165, 1.54) is 0 Å². The number of hydrogen-bond acceptors (Lipinski definition) is 3. The Morgan fingerprint density at radius 1 is 1.04 bits per heavy atom. The minimum Gasteiger partial charge on any atom is -0.455 e. The molecule has 2 rings (SSSR count). The van der Waals surface area contributed by atoms with Gasteiger partial charge in [0.15, 0.2) is 6.61 Å². The van der Waals surface area contributed by atoms with Gasteiger partial charge in [0.05, 0.1) is 5.41 Å². The van der Waals surface area contributed by atoms with Crippen LogP contribution in [0.15, 0.2) is 54.6 Å². The number of esters is 1. The van der Waals surface area contributed by atoms with Gasteiger partial charge in [0.25, 0.3) is 5.91 Å². The average Bonchev–Trinajstić information content (AvgIpc) is 2.59. The van der Waals surface area contributed by atoms with Crippen molar-refractivity contribution in [1.82, 2.24) is 5.32 Å². The highest BCUT2D eigenvalue weighted by molar-refractivity contribution is 6.30. The smallest absolute Gasteiger partial charge is 0.316 e. The molecule has 5 heteroatoms. The van der Waals surface area contributed by atoms with Gasteiger partial charge < -0.3 is 10.1 Å². The van der Waals surface area contributed by atoms with Gasteiger partial charge in [0.2, 0.25) is 0 Å². The summed E-state index contributed by atoms with van der Waals surface area (Å²) in [6.45, 7) is 3.60. The zero-order valence-electron chi connectivity index (χ0n) is 13.7. The normalized spacial score (nSPS) is 11.0. The van der Waals surface area contributed by atoms with Gasteiger partial charge in [-0.3, -0.25) is 9.59 Å². The van der Waals surface area contributed by atoms with Crippen LogP contribution in [0.25, 0.3) is 0 Å². The van der Waals surface area contributed by atoms with E-state index in [-0.39, 0.29) is 12.5 Å². The number of hydrogen-bond donors (Lipinski definition) is 1. The molecule has 24 heavy (non-hydrogen) atoms. The van der Waals surface area contributed by atoms with E-state index in [2.05, 4.69) is 5.32 Å². The lowest BCUT2D eigenvalue weighted by atomic mass is 9.85. The summed E-state index contributed by atoms with van der Waals surface area (Å²) in [7, 11) is 0. The molecule has 0 saturated heterocycles. The molecule has 0 aromatic heterocycles. The van der Waals surface area contributed by atoms with Crippen LogP contribution in [-0.2, 0) is 26.3 Å². The van der Waals surface area contributed by atoms with Crippen LogP contribution in [0.5, 0.6) is 0 Å². The van der Waals surface area contributed by atoms with Gasteiger partial charge in [-0.25, -0.2) is 0 Å². The van der Waals surface area contributed by atoms with Gasteiger partial charge in [-0.1, -0.05) is 54.1 Å². The number of amides is 1. The highest BCUT2D eigenvalue weighted by Crippen LogP contribution is 2.24. The lowest BCUT2D eigenvalue weighted by Crippen LogP contribution is -2.35. The monoisotopic (exact) mass is 345 g/mol. The van der Waals surface area contributed by atoms with Crippen LogP contribution in [0.2, 0.25) is 5.02 Å². The Morgan fingerprint density at radius 3 is 2.29 bits per heavy atom. The van der Waals surface area contributed by atoms with Crippen LogP contribution in [-0.4, -0.2) is 18.5 Å². The van der Waals surface area contributed by atoms with Crippen molar-refractivity contribution < 1.29 is 14.3 Å². The number of ether oxygens (including phenoxy) is 1. The maximum absolute atomic E-state index is 12.3. The second-order valence-corrected chi connectivity index (χ2v) is 6.41. The van der Waals surface area contributed by atoms with Crippen molar-refractivity contribution in [2.75, 3.05) is 6.61 Å². The molecule has 0 heterocycles. The van der Waals surface area contributed by atoms with Crippen LogP contribution >= 0.6 is 11.6 Å². The molecular formula is C19H20ClNO3. The fourth-order valence-corrected chi connectivity index (χ4v) is 2.26. The zero-order valence-corrected chi connectivity index (χ0v) is 14.5. The summed E-state index contributed by atoms with van der Waals surface area (Å²) >= 11 is 5.81. The van der Waals surface area contributed by atoms with Crippen molar-refractivity contribution in [2.45, 2.75) is 25.8 Å². The maximum atomic E-state index is 12.3. The van der Waals surface area contributed by atoms with Crippen LogP contribution < -0.4 is 5.32 Å². The van der Waals surface area contributed by atoms with Crippen LogP contribution in [0.3, 0.4) is 0 Å². The molecule has 0 fully saturated rings. The van der Waals surface area contributed by atoms with E-state index in [1.807, 2.05) is 42.5 Å². The highest BCUT2D eigenvalue weighted by atomic mass is 35.5. The molecular weight excluding hydrogens is 326 g/mol. The molecule has 2 aromatic carbocycles. The summed E-state index contributed by atoms with van der Waals surface area (Å²) < 4.78 is 5.16. The Hall–Kier alpha value is -2.33. The standard InChI is InChI=1S/C19H20ClNO3/c1-19(2,15-6-4-3-5-7-15)18(23)24-13-17(22)21-12-14-8-10-16(20)11-9-14/h3-11H,12-13H2,1-2H3,(H,21,22). The molecule has 0 aliphatic rings. The first kappa shape index (κ1) is 18.0. The minimum atomic E-state index is -0.808. The molecule has 1 N–H and O–H groups in total. The van der Waals surface area contributed by atoms with E-state index < -0.39 is 11.4 Å². The zero-order chi connectivity index (χ0) is 17.6. The first-order chi connectivity index (χ1) is 11.4. The van der Waals surface area contributed by atoms with Crippen molar-refractivity contribution in [3.05, 3.63) is 70.7 Å². The molecule has 0 atom stereocenters. The van der Waals surface area contributed by atoms with E-state index in [4.69, 9.17) is 16.3 Å². The Morgan fingerprint density at radius 2 is 1.67 bits per heavy atom. The number of halogens is 1. The van der Waals surface area contributed by atoms with E-state index >= 15 is 0 Å². The van der Waals surface area contributed by atoms with Gasteiger partial charge in [0, 0.05) is 11.6 Å². The number of nitrogens with one attached hydrogen (secondary N) is 1. The summed E-state index contributed by atoms with van der Waals surface area (Å²) in [6.07, 6.45) is 0. The molecule has 0 radical (unpaired) electrons. The third-order valence-electron chi connectivity index (χ3n) is 3.74. The third kappa shape index (κ3) is 4.83. The minimum absolute atomic E-state index is 0.303. The molecule has 0 aliphatic carbocycles.